The number of rotatable bonds is 10. The van der Waals surface area contributed by atoms with Crippen LogP contribution in [0.3, 0.4) is 0 Å². The predicted molar refractivity (Wildman–Crippen MR) is 71.7 cm³/mol. The van der Waals surface area contributed by atoms with Crippen LogP contribution >= 0.6 is 0 Å². The summed E-state index contributed by atoms with van der Waals surface area (Å²) >= 11 is 0. The van der Waals surface area contributed by atoms with Gasteiger partial charge < -0.3 is 14.2 Å². The van der Waals surface area contributed by atoms with Gasteiger partial charge in [-0.05, 0) is 26.2 Å². The first-order valence-electron chi connectivity index (χ1n) is 7.01. The van der Waals surface area contributed by atoms with Crippen molar-refractivity contribution in [2.24, 2.45) is 5.41 Å². The fourth-order valence-electron chi connectivity index (χ4n) is 1.72. The molecule has 0 aliphatic heterocycles. The Morgan fingerprint density at radius 1 is 0.842 bits per heavy atom. The Labute approximate surface area is 115 Å². The van der Waals surface area contributed by atoms with Gasteiger partial charge in [-0.1, -0.05) is 20.8 Å². The Hall–Kier alpha value is -1.10. The molecular formula is C14H26O5. The summed E-state index contributed by atoms with van der Waals surface area (Å²) in [5.74, 6) is -1.00. The van der Waals surface area contributed by atoms with Gasteiger partial charge in [0.2, 0.25) is 0 Å². The van der Waals surface area contributed by atoms with Crippen LogP contribution in [-0.2, 0) is 23.8 Å². The molecule has 0 amide bonds. The van der Waals surface area contributed by atoms with Gasteiger partial charge in [0.05, 0.1) is 13.2 Å². The molecule has 0 aromatic heterocycles. The van der Waals surface area contributed by atoms with E-state index in [0.717, 1.165) is 6.42 Å². The Bertz CT molecular complexity index is 271. The third-order valence-corrected chi connectivity index (χ3v) is 3.09. The lowest BCUT2D eigenvalue weighted by Gasteiger charge is -2.26. The van der Waals surface area contributed by atoms with E-state index in [1.54, 1.807) is 13.8 Å². The van der Waals surface area contributed by atoms with Gasteiger partial charge in [0.1, 0.15) is 6.61 Å². The van der Waals surface area contributed by atoms with Crippen molar-refractivity contribution in [3.05, 3.63) is 0 Å². The van der Waals surface area contributed by atoms with E-state index in [-0.39, 0.29) is 6.61 Å². The average molecular weight is 274 g/mol. The van der Waals surface area contributed by atoms with Crippen molar-refractivity contribution in [3.8, 4) is 0 Å². The molecule has 0 saturated carbocycles. The molecule has 0 aliphatic rings. The molecule has 0 unspecified atom stereocenters. The highest BCUT2D eigenvalue weighted by Crippen LogP contribution is 2.30. The molecule has 0 rings (SSSR count). The van der Waals surface area contributed by atoms with Crippen LogP contribution in [0.1, 0.15) is 47.0 Å². The predicted octanol–water partition coefficient (Wildman–Crippen LogP) is 2.33. The highest BCUT2D eigenvalue weighted by Gasteiger charge is 2.45. The summed E-state index contributed by atoms with van der Waals surface area (Å²) < 4.78 is 15.3. The molecule has 0 aromatic rings. The van der Waals surface area contributed by atoms with Crippen molar-refractivity contribution in [3.63, 3.8) is 0 Å². The Morgan fingerprint density at radius 2 is 1.37 bits per heavy atom. The van der Waals surface area contributed by atoms with Gasteiger partial charge >= 0.3 is 11.9 Å². The molecule has 5 nitrogen and oxygen atoms in total. The summed E-state index contributed by atoms with van der Waals surface area (Å²) in [5.41, 5.74) is -1.18. The second-order valence-corrected chi connectivity index (χ2v) is 4.26. The van der Waals surface area contributed by atoms with Crippen molar-refractivity contribution in [2.45, 2.75) is 47.0 Å². The Morgan fingerprint density at radius 3 is 1.79 bits per heavy atom. The molecule has 0 spiro atoms. The fourth-order valence-corrected chi connectivity index (χ4v) is 1.72. The van der Waals surface area contributed by atoms with Gasteiger partial charge in [-0.2, -0.15) is 0 Å². The van der Waals surface area contributed by atoms with Gasteiger partial charge in [0.15, 0.2) is 5.41 Å². The van der Waals surface area contributed by atoms with Gasteiger partial charge in [0.25, 0.3) is 0 Å². The molecule has 19 heavy (non-hydrogen) atoms. The van der Waals surface area contributed by atoms with Gasteiger partial charge in [0, 0.05) is 6.61 Å². The van der Waals surface area contributed by atoms with E-state index < -0.39 is 17.4 Å². The minimum atomic E-state index is -1.18. The number of ether oxygens (including phenoxy) is 3. The fraction of sp³-hybridized carbons (Fsp3) is 0.857. The average Bonchev–Trinajstić information content (AvgIpc) is 2.43. The van der Waals surface area contributed by atoms with E-state index >= 15 is 0 Å². The molecular weight excluding hydrogens is 248 g/mol. The van der Waals surface area contributed by atoms with Crippen LogP contribution in [0, 0.1) is 5.41 Å². The molecule has 0 aromatic carbocycles. The Kier molecular flexibility index (Phi) is 9.21. The third kappa shape index (κ3) is 5.19. The zero-order valence-corrected chi connectivity index (χ0v) is 12.5. The third-order valence-electron chi connectivity index (χ3n) is 3.09. The highest BCUT2D eigenvalue weighted by atomic mass is 16.6. The van der Waals surface area contributed by atoms with Crippen molar-refractivity contribution in [1.29, 1.82) is 0 Å². The van der Waals surface area contributed by atoms with Crippen molar-refractivity contribution < 1.29 is 23.8 Å². The molecule has 0 fully saturated rings. The van der Waals surface area contributed by atoms with Crippen LogP contribution in [0.15, 0.2) is 0 Å². The number of carbonyl (C=O) groups is 2. The molecule has 0 bridgehead atoms. The van der Waals surface area contributed by atoms with Gasteiger partial charge in [-0.25, -0.2) is 0 Å². The van der Waals surface area contributed by atoms with E-state index in [1.807, 2.05) is 13.8 Å². The second kappa shape index (κ2) is 9.78. The number of carbonyl (C=O) groups excluding carboxylic acids is 2. The SMILES string of the molecule is CCCOC(=O)C(CC)(CC)C(=O)OCCOCC. The first-order chi connectivity index (χ1) is 9.08. The first-order valence-corrected chi connectivity index (χ1v) is 7.01. The maximum absolute atomic E-state index is 12.1. The van der Waals surface area contributed by atoms with Gasteiger partial charge in [-0.3, -0.25) is 9.59 Å². The molecule has 0 heterocycles. The van der Waals surface area contributed by atoms with E-state index in [4.69, 9.17) is 14.2 Å². The zero-order chi connectivity index (χ0) is 14.7. The summed E-state index contributed by atoms with van der Waals surface area (Å²) in [6, 6.07) is 0. The second-order valence-electron chi connectivity index (χ2n) is 4.26. The van der Waals surface area contributed by atoms with Crippen LogP contribution in [0.25, 0.3) is 0 Å². The number of hydrogen-bond acceptors (Lipinski definition) is 5. The lowest BCUT2D eigenvalue weighted by molar-refractivity contribution is -0.174. The van der Waals surface area contributed by atoms with E-state index in [0.29, 0.717) is 32.7 Å². The quantitative estimate of drug-likeness (QED) is 0.347. The maximum Gasteiger partial charge on any atom is 0.323 e. The van der Waals surface area contributed by atoms with Crippen molar-refractivity contribution >= 4 is 11.9 Å². The molecule has 112 valence electrons. The van der Waals surface area contributed by atoms with Crippen molar-refractivity contribution in [2.75, 3.05) is 26.4 Å². The van der Waals surface area contributed by atoms with Crippen LogP contribution in [-0.4, -0.2) is 38.4 Å². The molecule has 0 aliphatic carbocycles. The summed E-state index contributed by atoms with van der Waals surface area (Å²) in [4.78, 5) is 24.2. The van der Waals surface area contributed by atoms with Crippen LogP contribution in [0.5, 0.6) is 0 Å². The molecule has 5 heteroatoms. The monoisotopic (exact) mass is 274 g/mol. The van der Waals surface area contributed by atoms with Crippen LogP contribution in [0.2, 0.25) is 0 Å². The maximum atomic E-state index is 12.1. The van der Waals surface area contributed by atoms with E-state index in [2.05, 4.69) is 0 Å². The summed E-state index contributed by atoms with van der Waals surface area (Å²) in [5, 5.41) is 0. The standard InChI is InChI=1S/C14H26O5/c1-5-9-18-12(15)14(6-2,7-3)13(16)19-11-10-17-8-4/h5-11H2,1-4H3. The smallest absolute Gasteiger partial charge is 0.323 e. The Balaban J connectivity index is 4.57. The van der Waals surface area contributed by atoms with Gasteiger partial charge in [-0.15, -0.1) is 0 Å². The molecule has 0 radical (unpaired) electrons. The van der Waals surface area contributed by atoms with Crippen LogP contribution in [0.4, 0.5) is 0 Å². The largest absolute Gasteiger partial charge is 0.465 e. The van der Waals surface area contributed by atoms with Crippen molar-refractivity contribution in [1.82, 2.24) is 0 Å². The summed E-state index contributed by atoms with van der Waals surface area (Å²) in [6.07, 6.45) is 1.48. The summed E-state index contributed by atoms with van der Waals surface area (Å²) in [6.45, 7) is 8.77. The molecule has 0 saturated heterocycles. The number of hydrogen-bond donors (Lipinski definition) is 0. The summed E-state index contributed by atoms with van der Waals surface area (Å²) in [7, 11) is 0. The lowest BCUT2D eigenvalue weighted by Crippen LogP contribution is -2.41. The number of esters is 2. The molecule has 0 N–H and O–H groups in total. The van der Waals surface area contributed by atoms with Crippen LogP contribution < -0.4 is 0 Å². The molecule has 0 atom stereocenters. The minimum Gasteiger partial charge on any atom is -0.465 e. The highest BCUT2D eigenvalue weighted by molar-refractivity contribution is 5.99. The minimum absolute atomic E-state index is 0.162. The van der Waals surface area contributed by atoms with E-state index in [9.17, 15) is 9.59 Å². The van der Waals surface area contributed by atoms with E-state index in [1.165, 1.54) is 0 Å². The lowest BCUT2D eigenvalue weighted by atomic mass is 9.82. The zero-order valence-electron chi connectivity index (χ0n) is 12.5. The first kappa shape index (κ1) is 17.9. The normalized spacial score (nSPS) is 11.2. The topological polar surface area (TPSA) is 61.8 Å².